The molecule has 0 aromatic carbocycles. The smallest absolute Gasteiger partial charge is 0.279 e. The van der Waals surface area contributed by atoms with Gasteiger partial charge in [-0.25, -0.2) is 4.72 Å². The molecule has 18 heavy (non-hydrogen) atoms. The summed E-state index contributed by atoms with van der Waals surface area (Å²) in [5.41, 5.74) is 0. The maximum atomic E-state index is 12.0. The van der Waals surface area contributed by atoms with Crippen LogP contribution in [0.2, 0.25) is 0 Å². The first-order chi connectivity index (χ1) is 8.56. The van der Waals surface area contributed by atoms with Gasteiger partial charge in [0.05, 0.1) is 0 Å². The van der Waals surface area contributed by atoms with Crippen LogP contribution in [0.4, 0.5) is 0 Å². The lowest BCUT2D eigenvalue weighted by Crippen LogP contribution is -2.41. The van der Waals surface area contributed by atoms with Gasteiger partial charge in [-0.1, -0.05) is 19.8 Å². The van der Waals surface area contributed by atoms with Crippen LogP contribution in [0, 0.1) is 5.92 Å². The summed E-state index contributed by atoms with van der Waals surface area (Å²) >= 11 is 0. The van der Waals surface area contributed by atoms with E-state index in [1.807, 2.05) is 6.92 Å². The molecule has 0 saturated carbocycles. The number of hydrogen-bond acceptors (Lipinski definition) is 3. The van der Waals surface area contributed by atoms with Crippen LogP contribution < -0.4 is 4.72 Å². The lowest BCUT2D eigenvalue weighted by atomic mass is 10.1. The lowest BCUT2D eigenvalue weighted by molar-refractivity contribution is 0.228. The number of aliphatic hydroxyl groups excluding tert-OH is 1. The summed E-state index contributed by atoms with van der Waals surface area (Å²) < 4.78 is 28.3. The van der Waals surface area contributed by atoms with E-state index in [1.165, 1.54) is 0 Å². The normalized spacial score (nSPS) is 20.6. The Labute approximate surface area is 111 Å². The molecule has 0 spiro atoms. The highest BCUT2D eigenvalue weighted by Crippen LogP contribution is 2.12. The van der Waals surface area contributed by atoms with Crippen LogP contribution >= 0.6 is 0 Å². The molecule has 0 aromatic heterocycles. The Morgan fingerprint density at radius 1 is 1.22 bits per heavy atom. The van der Waals surface area contributed by atoms with E-state index in [-0.39, 0.29) is 12.5 Å². The molecule has 0 radical (unpaired) electrons. The van der Waals surface area contributed by atoms with Crippen molar-refractivity contribution in [3.63, 3.8) is 0 Å². The van der Waals surface area contributed by atoms with Crippen molar-refractivity contribution in [2.45, 2.75) is 45.4 Å². The van der Waals surface area contributed by atoms with Gasteiger partial charge < -0.3 is 5.11 Å². The molecule has 0 aromatic rings. The SMILES string of the molecule is CC(CO)CCCNS(=O)(=O)N1CCCCCC1. The van der Waals surface area contributed by atoms with E-state index in [4.69, 9.17) is 5.11 Å². The fourth-order valence-corrected chi connectivity index (χ4v) is 3.44. The monoisotopic (exact) mass is 278 g/mol. The Kier molecular flexibility index (Phi) is 7.14. The highest BCUT2D eigenvalue weighted by atomic mass is 32.2. The molecule has 6 heteroatoms. The van der Waals surface area contributed by atoms with Crippen molar-refractivity contribution in [1.82, 2.24) is 9.03 Å². The van der Waals surface area contributed by atoms with Crippen molar-refractivity contribution in [1.29, 1.82) is 0 Å². The topological polar surface area (TPSA) is 69.6 Å². The Hall–Kier alpha value is -0.170. The van der Waals surface area contributed by atoms with Crippen molar-refractivity contribution >= 4 is 10.2 Å². The summed E-state index contributed by atoms with van der Waals surface area (Å²) in [4.78, 5) is 0. The summed E-state index contributed by atoms with van der Waals surface area (Å²) in [5.74, 6) is 0.243. The van der Waals surface area contributed by atoms with Crippen LogP contribution in [-0.4, -0.2) is 44.1 Å². The summed E-state index contributed by atoms with van der Waals surface area (Å²) in [6, 6.07) is 0. The van der Waals surface area contributed by atoms with Crippen LogP contribution in [0.25, 0.3) is 0 Å². The molecule has 2 N–H and O–H groups in total. The number of hydrogen-bond donors (Lipinski definition) is 2. The molecule has 0 aliphatic carbocycles. The standard InChI is InChI=1S/C12H26N2O3S/c1-12(11-15)7-6-8-13-18(16,17)14-9-4-2-3-5-10-14/h12-13,15H,2-11H2,1H3. The van der Waals surface area contributed by atoms with E-state index in [0.29, 0.717) is 19.6 Å². The molecule has 1 unspecified atom stereocenters. The summed E-state index contributed by atoms with van der Waals surface area (Å²) in [6.07, 6.45) is 5.79. The van der Waals surface area contributed by atoms with E-state index in [2.05, 4.69) is 4.72 Å². The molecule has 1 fully saturated rings. The second kappa shape index (κ2) is 8.09. The minimum absolute atomic E-state index is 0.166. The summed E-state index contributed by atoms with van der Waals surface area (Å²) in [6.45, 7) is 3.87. The van der Waals surface area contributed by atoms with Crippen molar-refractivity contribution in [2.75, 3.05) is 26.2 Å². The molecular formula is C12H26N2O3S. The van der Waals surface area contributed by atoms with E-state index in [9.17, 15) is 8.42 Å². The minimum Gasteiger partial charge on any atom is -0.396 e. The second-order valence-electron chi connectivity index (χ2n) is 5.14. The Morgan fingerprint density at radius 3 is 2.39 bits per heavy atom. The van der Waals surface area contributed by atoms with Crippen molar-refractivity contribution < 1.29 is 13.5 Å². The fourth-order valence-electron chi connectivity index (χ4n) is 2.12. The minimum atomic E-state index is -3.29. The van der Waals surface area contributed by atoms with E-state index >= 15 is 0 Å². The van der Waals surface area contributed by atoms with Gasteiger partial charge in [0.1, 0.15) is 0 Å². The predicted molar refractivity (Wildman–Crippen MR) is 72.4 cm³/mol. The summed E-state index contributed by atoms with van der Waals surface area (Å²) in [5, 5.41) is 8.88. The Morgan fingerprint density at radius 2 is 1.83 bits per heavy atom. The Bertz CT molecular complexity index is 311. The molecule has 1 rings (SSSR count). The molecule has 0 amide bonds. The van der Waals surface area contributed by atoms with Crippen LogP contribution in [0.15, 0.2) is 0 Å². The second-order valence-corrected chi connectivity index (χ2v) is 6.90. The highest BCUT2D eigenvalue weighted by molar-refractivity contribution is 7.87. The third-order valence-corrected chi connectivity index (χ3v) is 4.99. The maximum Gasteiger partial charge on any atom is 0.279 e. The zero-order valence-electron chi connectivity index (χ0n) is 11.3. The number of nitrogens with one attached hydrogen (secondary N) is 1. The van der Waals surface area contributed by atoms with Crippen LogP contribution in [0.5, 0.6) is 0 Å². The molecular weight excluding hydrogens is 252 g/mol. The van der Waals surface area contributed by atoms with Crippen LogP contribution in [-0.2, 0) is 10.2 Å². The third-order valence-electron chi connectivity index (χ3n) is 3.37. The van der Waals surface area contributed by atoms with Crippen molar-refractivity contribution in [3.05, 3.63) is 0 Å². The average molecular weight is 278 g/mol. The number of aliphatic hydroxyl groups is 1. The van der Waals surface area contributed by atoms with Gasteiger partial charge in [0.2, 0.25) is 0 Å². The molecule has 1 heterocycles. The largest absolute Gasteiger partial charge is 0.396 e. The summed E-state index contributed by atoms with van der Waals surface area (Å²) in [7, 11) is -3.29. The first-order valence-electron chi connectivity index (χ1n) is 6.92. The van der Waals surface area contributed by atoms with Crippen LogP contribution in [0.3, 0.4) is 0 Å². The molecule has 0 bridgehead atoms. The molecule has 1 aliphatic heterocycles. The van der Waals surface area contributed by atoms with Crippen LogP contribution in [0.1, 0.15) is 45.4 Å². The van der Waals surface area contributed by atoms with Crippen molar-refractivity contribution in [2.24, 2.45) is 5.92 Å². The molecule has 108 valence electrons. The predicted octanol–water partition coefficient (Wildman–Crippen LogP) is 1.11. The molecule has 1 aliphatic rings. The van der Waals surface area contributed by atoms with Gasteiger partial charge >= 0.3 is 0 Å². The highest BCUT2D eigenvalue weighted by Gasteiger charge is 2.21. The van der Waals surface area contributed by atoms with Crippen molar-refractivity contribution in [3.8, 4) is 0 Å². The number of rotatable bonds is 7. The first-order valence-corrected chi connectivity index (χ1v) is 8.36. The number of nitrogens with zero attached hydrogens (tertiary/aromatic N) is 1. The quantitative estimate of drug-likeness (QED) is 0.685. The zero-order chi connectivity index (χ0) is 13.4. The van der Waals surface area contributed by atoms with E-state index in [0.717, 1.165) is 38.5 Å². The zero-order valence-corrected chi connectivity index (χ0v) is 12.1. The lowest BCUT2D eigenvalue weighted by Gasteiger charge is -2.20. The fraction of sp³-hybridized carbons (Fsp3) is 1.00. The molecule has 1 saturated heterocycles. The van der Waals surface area contributed by atoms with Gasteiger partial charge in [-0.2, -0.15) is 12.7 Å². The third kappa shape index (κ3) is 5.65. The van der Waals surface area contributed by atoms with Gasteiger partial charge in [-0.3, -0.25) is 0 Å². The first kappa shape index (κ1) is 15.9. The van der Waals surface area contributed by atoms with Gasteiger partial charge in [0.25, 0.3) is 10.2 Å². The van der Waals surface area contributed by atoms with E-state index < -0.39 is 10.2 Å². The van der Waals surface area contributed by atoms with E-state index in [1.54, 1.807) is 4.31 Å². The molecule has 1 atom stereocenters. The Balaban J connectivity index is 2.30. The maximum absolute atomic E-state index is 12.0. The van der Waals surface area contributed by atoms with Gasteiger partial charge in [-0.05, 0) is 31.6 Å². The van der Waals surface area contributed by atoms with Gasteiger partial charge in [0.15, 0.2) is 0 Å². The molecule has 5 nitrogen and oxygen atoms in total. The average Bonchev–Trinajstić information content (AvgIpc) is 2.63. The van der Waals surface area contributed by atoms with Gasteiger partial charge in [0, 0.05) is 26.2 Å². The van der Waals surface area contributed by atoms with Gasteiger partial charge in [-0.15, -0.1) is 0 Å².